The summed E-state index contributed by atoms with van der Waals surface area (Å²) in [6.07, 6.45) is 0.955. The zero-order valence-electron chi connectivity index (χ0n) is 10.9. The largest absolute Gasteiger partial charge is 0.493 e. The maximum absolute atomic E-state index is 11.2. The van der Waals surface area contributed by atoms with E-state index in [2.05, 4.69) is 22.3 Å². The number of hydrogen-bond donors (Lipinski definition) is 2. The van der Waals surface area contributed by atoms with Gasteiger partial charge in [-0.3, -0.25) is 4.79 Å². The number of carbonyl (C=O) groups excluding carboxylic acids is 1. The molecule has 0 saturated carbocycles. The monoisotopic (exact) mass is 260 g/mol. The van der Waals surface area contributed by atoms with Crippen LogP contribution in [0.3, 0.4) is 0 Å². The van der Waals surface area contributed by atoms with Gasteiger partial charge in [0.05, 0.1) is 6.61 Å². The van der Waals surface area contributed by atoms with Crippen molar-refractivity contribution in [3.05, 3.63) is 29.5 Å². The molecule has 100 valence electrons. The van der Waals surface area contributed by atoms with Crippen LogP contribution in [-0.2, 0) is 0 Å². The van der Waals surface area contributed by atoms with Gasteiger partial charge in [0.15, 0.2) is 5.69 Å². The fourth-order valence-corrected chi connectivity index (χ4v) is 1.77. The van der Waals surface area contributed by atoms with Crippen molar-refractivity contribution in [1.82, 2.24) is 15.4 Å². The van der Waals surface area contributed by atoms with Crippen molar-refractivity contribution < 1.29 is 9.53 Å². The molecule has 6 nitrogen and oxygen atoms in total. The minimum Gasteiger partial charge on any atom is -0.493 e. The van der Waals surface area contributed by atoms with Crippen molar-refractivity contribution in [2.45, 2.75) is 20.3 Å². The highest BCUT2D eigenvalue weighted by molar-refractivity contribution is 5.96. The molecule has 0 aliphatic heterocycles. The molecule has 0 unspecified atom stereocenters. The molecule has 0 spiro atoms. The normalized spacial score (nSPS) is 10.4. The number of primary amides is 1. The Hall–Kier alpha value is -2.37. The highest BCUT2D eigenvalue weighted by Crippen LogP contribution is 2.26. The first-order valence-corrected chi connectivity index (χ1v) is 6.08. The maximum Gasteiger partial charge on any atom is 0.271 e. The van der Waals surface area contributed by atoms with E-state index in [-0.39, 0.29) is 5.69 Å². The van der Waals surface area contributed by atoms with Gasteiger partial charge in [0, 0.05) is 5.56 Å². The Morgan fingerprint density at radius 1 is 1.42 bits per heavy atom. The Kier molecular flexibility index (Phi) is 3.79. The van der Waals surface area contributed by atoms with Crippen LogP contribution in [0.4, 0.5) is 0 Å². The number of hydrogen-bond acceptors (Lipinski definition) is 4. The van der Waals surface area contributed by atoms with Crippen molar-refractivity contribution in [1.29, 1.82) is 0 Å². The van der Waals surface area contributed by atoms with E-state index < -0.39 is 5.91 Å². The molecule has 1 heterocycles. The molecule has 0 fully saturated rings. The zero-order valence-corrected chi connectivity index (χ0v) is 10.9. The molecule has 1 aromatic heterocycles. The number of benzene rings is 1. The number of carbonyl (C=O) groups is 1. The summed E-state index contributed by atoms with van der Waals surface area (Å²) >= 11 is 0. The number of nitrogens with two attached hydrogens (primary N) is 1. The molecular weight excluding hydrogens is 244 g/mol. The van der Waals surface area contributed by atoms with Gasteiger partial charge in [-0.05, 0) is 37.1 Å². The van der Waals surface area contributed by atoms with Crippen molar-refractivity contribution >= 4 is 5.91 Å². The Morgan fingerprint density at radius 2 is 2.21 bits per heavy atom. The lowest BCUT2D eigenvalue weighted by Crippen LogP contribution is -2.12. The summed E-state index contributed by atoms with van der Waals surface area (Å²) in [5.74, 6) is 0.224. The molecule has 1 amide bonds. The lowest BCUT2D eigenvalue weighted by atomic mass is 10.1. The van der Waals surface area contributed by atoms with Crippen LogP contribution in [0, 0.1) is 6.92 Å². The summed E-state index contributed by atoms with van der Waals surface area (Å²) in [7, 11) is 0. The van der Waals surface area contributed by atoms with E-state index in [4.69, 9.17) is 10.5 Å². The number of nitrogens with one attached hydrogen (secondary N) is 1. The van der Waals surface area contributed by atoms with E-state index in [1.807, 2.05) is 25.1 Å². The topological polar surface area (TPSA) is 93.9 Å². The Labute approximate surface area is 111 Å². The average molecular weight is 260 g/mol. The molecule has 3 N–H and O–H groups in total. The van der Waals surface area contributed by atoms with Gasteiger partial charge in [-0.2, -0.15) is 15.4 Å². The molecule has 0 bridgehead atoms. The molecular formula is C13H16N4O2. The Balaban J connectivity index is 2.33. The summed E-state index contributed by atoms with van der Waals surface area (Å²) in [6, 6.07) is 5.59. The summed E-state index contributed by atoms with van der Waals surface area (Å²) in [5, 5.41) is 10.1. The number of rotatable bonds is 5. The van der Waals surface area contributed by atoms with Crippen molar-refractivity contribution in [3.63, 3.8) is 0 Å². The van der Waals surface area contributed by atoms with Gasteiger partial charge in [-0.25, -0.2) is 0 Å². The zero-order chi connectivity index (χ0) is 13.8. The number of H-pyrrole nitrogens is 1. The standard InChI is InChI=1S/C13H16N4O2/c1-3-6-19-10-5-4-9(7-8(10)2)11-12(13(14)18)16-17-15-11/h4-5,7H,3,6H2,1-2H3,(H2,14,18)(H,15,16,17). The van der Waals surface area contributed by atoms with Crippen LogP contribution in [0.1, 0.15) is 29.4 Å². The summed E-state index contributed by atoms with van der Waals surface area (Å²) in [6.45, 7) is 4.67. The molecule has 2 aromatic rings. The molecule has 6 heteroatoms. The fourth-order valence-electron chi connectivity index (χ4n) is 1.77. The van der Waals surface area contributed by atoms with E-state index in [1.54, 1.807) is 0 Å². The second kappa shape index (κ2) is 5.51. The van der Waals surface area contributed by atoms with Gasteiger partial charge in [-0.1, -0.05) is 6.92 Å². The van der Waals surface area contributed by atoms with Gasteiger partial charge in [0.2, 0.25) is 0 Å². The van der Waals surface area contributed by atoms with Crippen molar-refractivity contribution in [3.8, 4) is 17.0 Å². The fraction of sp³-hybridized carbons (Fsp3) is 0.308. The van der Waals surface area contributed by atoms with Gasteiger partial charge < -0.3 is 10.5 Å². The number of amides is 1. The van der Waals surface area contributed by atoms with Crippen LogP contribution in [0.25, 0.3) is 11.3 Å². The first-order valence-electron chi connectivity index (χ1n) is 6.08. The second-order valence-corrected chi connectivity index (χ2v) is 4.21. The summed E-state index contributed by atoms with van der Waals surface area (Å²) < 4.78 is 5.60. The molecule has 0 radical (unpaired) electrons. The number of ether oxygens (including phenoxy) is 1. The lowest BCUT2D eigenvalue weighted by molar-refractivity contribution is 0.0996. The highest BCUT2D eigenvalue weighted by Gasteiger charge is 2.15. The Bertz CT molecular complexity index is 592. The summed E-state index contributed by atoms with van der Waals surface area (Å²) in [4.78, 5) is 11.2. The van der Waals surface area contributed by atoms with Crippen LogP contribution in [0.5, 0.6) is 5.75 Å². The van der Waals surface area contributed by atoms with E-state index in [1.165, 1.54) is 0 Å². The smallest absolute Gasteiger partial charge is 0.271 e. The highest BCUT2D eigenvalue weighted by atomic mass is 16.5. The molecule has 19 heavy (non-hydrogen) atoms. The first kappa shape index (κ1) is 13.1. The second-order valence-electron chi connectivity index (χ2n) is 4.21. The molecule has 0 aliphatic rings. The van der Waals surface area contributed by atoms with Gasteiger partial charge in [0.1, 0.15) is 11.4 Å². The number of aromatic nitrogens is 3. The molecule has 0 saturated heterocycles. The molecule has 1 aromatic carbocycles. The SMILES string of the molecule is CCCOc1ccc(-c2n[nH]nc2C(N)=O)cc1C. The third kappa shape index (κ3) is 2.73. The van der Waals surface area contributed by atoms with E-state index >= 15 is 0 Å². The minimum atomic E-state index is -0.604. The third-order valence-corrected chi connectivity index (χ3v) is 2.69. The maximum atomic E-state index is 11.2. The van der Waals surface area contributed by atoms with Crippen LogP contribution < -0.4 is 10.5 Å². The predicted molar refractivity (Wildman–Crippen MR) is 70.9 cm³/mol. The minimum absolute atomic E-state index is 0.140. The quantitative estimate of drug-likeness (QED) is 0.855. The molecule has 0 aliphatic carbocycles. The number of aryl methyl sites for hydroxylation is 1. The van der Waals surface area contributed by atoms with Gasteiger partial charge in [-0.15, -0.1) is 0 Å². The Morgan fingerprint density at radius 3 is 2.84 bits per heavy atom. The lowest BCUT2D eigenvalue weighted by Gasteiger charge is -2.09. The average Bonchev–Trinajstić information content (AvgIpc) is 2.86. The predicted octanol–water partition coefficient (Wildman–Crippen LogP) is 1.67. The summed E-state index contributed by atoms with van der Waals surface area (Å²) in [5.41, 5.74) is 7.60. The van der Waals surface area contributed by atoms with Gasteiger partial charge in [0.25, 0.3) is 5.91 Å². The first-order chi connectivity index (χ1) is 9.13. The van der Waals surface area contributed by atoms with Crippen LogP contribution >= 0.6 is 0 Å². The third-order valence-electron chi connectivity index (χ3n) is 2.69. The van der Waals surface area contributed by atoms with Crippen LogP contribution in [0.2, 0.25) is 0 Å². The van der Waals surface area contributed by atoms with Crippen molar-refractivity contribution in [2.24, 2.45) is 5.73 Å². The van der Waals surface area contributed by atoms with Crippen molar-refractivity contribution in [2.75, 3.05) is 6.61 Å². The van der Waals surface area contributed by atoms with E-state index in [0.29, 0.717) is 12.3 Å². The van der Waals surface area contributed by atoms with Gasteiger partial charge >= 0.3 is 0 Å². The van der Waals surface area contributed by atoms with Crippen LogP contribution in [-0.4, -0.2) is 27.9 Å². The molecule has 2 rings (SSSR count). The number of nitrogens with zero attached hydrogens (tertiary/aromatic N) is 2. The number of aromatic amines is 1. The van der Waals surface area contributed by atoms with E-state index in [0.717, 1.165) is 23.3 Å². The molecule has 0 atom stereocenters. The van der Waals surface area contributed by atoms with Crippen LogP contribution in [0.15, 0.2) is 18.2 Å². The van der Waals surface area contributed by atoms with E-state index in [9.17, 15) is 4.79 Å².